The zero-order chi connectivity index (χ0) is 30.6. The van der Waals surface area contributed by atoms with E-state index in [4.69, 9.17) is 4.74 Å². The highest BCUT2D eigenvalue weighted by Gasteiger charge is 2.76. The maximum atomic E-state index is 14.9. The van der Waals surface area contributed by atoms with Crippen molar-refractivity contribution in [1.82, 2.24) is 9.80 Å². The van der Waals surface area contributed by atoms with Gasteiger partial charge in [-0.3, -0.25) is 14.4 Å². The van der Waals surface area contributed by atoms with Crippen molar-refractivity contribution in [2.45, 2.75) is 69.4 Å². The third-order valence-corrected chi connectivity index (χ3v) is 9.67. The maximum absolute atomic E-state index is 14.9. The van der Waals surface area contributed by atoms with Crippen LogP contribution in [-0.4, -0.2) is 81.1 Å². The molecule has 1 N–H and O–H groups in total. The minimum absolute atomic E-state index is 0.199. The van der Waals surface area contributed by atoms with E-state index >= 15 is 0 Å². The lowest BCUT2D eigenvalue weighted by Crippen LogP contribution is -2.61. The molecular formula is C35H41N3O5. The van der Waals surface area contributed by atoms with Gasteiger partial charge in [-0.15, -0.1) is 0 Å². The number of aliphatic hydroxyl groups excluding tert-OH is 1. The molecule has 6 rings (SSSR count). The lowest BCUT2D eigenvalue weighted by Gasteiger charge is -2.43. The Morgan fingerprint density at radius 1 is 0.884 bits per heavy atom. The van der Waals surface area contributed by atoms with E-state index in [-0.39, 0.29) is 24.3 Å². The number of carbonyl (C=O) groups is 3. The minimum Gasteiger partial charge on any atom is -0.394 e. The molecule has 2 fully saturated rings. The van der Waals surface area contributed by atoms with E-state index in [0.717, 1.165) is 11.3 Å². The van der Waals surface area contributed by atoms with Gasteiger partial charge in [-0.05, 0) is 51.3 Å². The number of hydrogen-bond acceptors (Lipinski definition) is 5. The Hall–Kier alpha value is -3.75. The molecule has 4 heterocycles. The fraction of sp³-hybridized carbons (Fsp3) is 0.457. The summed E-state index contributed by atoms with van der Waals surface area (Å²) in [6.45, 7) is 8.25. The molecule has 0 aromatic heterocycles. The van der Waals surface area contributed by atoms with Crippen LogP contribution in [0.1, 0.15) is 39.7 Å². The SMILES string of the molecule is CC[C@]12C=CCN(c3ccccc3)C(=O)[C@H]1[C@H]1C(=O)N([C@@H](CO)Cc3ccccc3)C3C(=O)N(C(C)(C)C)CC=C[C@@]31O2. The van der Waals surface area contributed by atoms with Crippen molar-refractivity contribution >= 4 is 23.4 Å². The number of rotatable bonds is 6. The van der Waals surface area contributed by atoms with E-state index in [9.17, 15) is 19.5 Å². The van der Waals surface area contributed by atoms with Gasteiger partial charge < -0.3 is 24.5 Å². The number of fused-ring (bicyclic) bond motifs is 2. The Labute approximate surface area is 253 Å². The van der Waals surface area contributed by atoms with Crippen molar-refractivity contribution in [3.05, 3.63) is 90.5 Å². The highest BCUT2D eigenvalue weighted by atomic mass is 16.5. The fourth-order valence-corrected chi connectivity index (χ4v) is 7.67. The molecule has 4 aliphatic rings. The maximum Gasteiger partial charge on any atom is 0.249 e. The molecule has 0 radical (unpaired) electrons. The molecule has 8 heteroatoms. The number of anilines is 1. The number of aliphatic hydroxyl groups is 1. The smallest absolute Gasteiger partial charge is 0.249 e. The molecule has 1 unspecified atom stereocenters. The summed E-state index contributed by atoms with van der Waals surface area (Å²) in [5, 5.41) is 10.8. The second-order valence-electron chi connectivity index (χ2n) is 13.1. The normalized spacial score (nSPS) is 31.0. The highest BCUT2D eigenvalue weighted by molar-refractivity contribution is 6.04. The average Bonchev–Trinajstić information content (AvgIpc) is 3.28. The van der Waals surface area contributed by atoms with E-state index in [2.05, 4.69) is 0 Å². The number of carbonyl (C=O) groups excluding carboxylic acids is 3. The summed E-state index contributed by atoms with van der Waals surface area (Å²) in [5.74, 6) is -2.56. The van der Waals surface area contributed by atoms with Gasteiger partial charge >= 0.3 is 0 Å². The lowest BCUT2D eigenvalue weighted by molar-refractivity contribution is -0.158. The molecule has 4 aliphatic heterocycles. The topological polar surface area (TPSA) is 90.4 Å². The van der Waals surface area contributed by atoms with Crippen LogP contribution in [-0.2, 0) is 25.5 Å². The molecule has 2 saturated heterocycles. The van der Waals surface area contributed by atoms with Gasteiger partial charge in [0.1, 0.15) is 11.6 Å². The highest BCUT2D eigenvalue weighted by Crippen LogP contribution is 2.59. The van der Waals surface area contributed by atoms with E-state index in [1.807, 2.05) is 113 Å². The van der Waals surface area contributed by atoms with Crippen LogP contribution >= 0.6 is 0 Å². The van der Waals surface area contributed by atoms with Crippen LogP contribution in [0.15, 0.2) is 85.0 Å². The van der Waals surface area contributed by atoms with E-state index < -0.39 is 40.7 Å². The van der Waals surface area contributed by atoms with Crippen molar-refractivity contribution in [1.29, 1.82) is 0 Å². The van der Waals surface area contributed by atoms with Crippen LogP contribution in [0.4, 0.5) is 5.69 Å². The zero-order valence-electron chi connectivity index (χ0n) is 25.3. The number of para-hydroxylation sites is 1. The van der Waals surface area contributed by atoms with Gasteiger partial charge in [-0.25, -0.2) is 0 Å². The van der Waals surface area contributed by atoms with Crippen molar-refractivity contribution in [2.75, 3.05) is 24.6 Å². The number of likely N-dealkylation sites (tertiary alicyclic amines) is 1. The van der Waals surface area contributed by atoms with Crippen LogP contribution in [0.5, 0.6) is 0 Å². The summed E-state index contributed by atoms with van der Waals surface area (Å²) in [5.41, 5.74) is -1.29. The Morgan fingerprint density at radius 3 is 2.16 bits per heavy atom. The minimum atomic E-state index is -1.38. The summed E-state index contributed by atoms with van der Waals surface area (Å²) >= 11 is 0. The average molecular weight is 584 g/mol. The first-order chi connectivity index (χ1) is 20.6. The van der Waals surface area contributed by atoms with Crippen molar-refractivity contribution in [3.63, 3.8) is 0 Å². The first-order valence-electron chi connectivity index (χ1n) is 15.3. The number of ether oxygens (including phenoxy) is 1. The second kappa shape index (κ2) is 10.8. The molecule has 0 aliphatic carbocycles. The number of amides is 3. The summed E-state index contributed by atoms with van der Waals surface area (Å²) in [6, 6.07) is 17.4. The summed E-state index contributed by atoms with van der Waals surface area (Å²) < 4.78 is 7.10. The van der Waals surface area contributed by atoms with Gasteiger partial charge in [0.05, 0.1) is 30.1 Å². The molecule has 0 bridgehead atoms. The molecule has 2 aromatic rings. The summed E-state index contributed by atoms with van der Waals surface area (Å²) in [7, 11) is 0. The lowest BCUT2D eigenvalue weighted by atomic mass is 9.73. The Kier molecular flexibility index (Phi) is 7.33. The largest absolute Gasteiger partial charge is 0.394 e. The Balaban J connectivity index is 1.52. The quantitative estimate of drug-likeness (QED) is 0.524. The number of hydrogen-bond donors (Lipinski definition) is 1. The van der Waals surface area contributed by atoms with Gasteiger partial charge in [0.2, 0.25) is 17.7 Å². The standard InChI is InChI=1S/C35H41N3O5/c1-5-34-18-12-20-36(25-16-10-7-11-17-25)30(40)27(34)28-31(41)38(26(23-39)22-24-14-8-6-9-15-24)29-32(42)37(33(2,3)4)21-13-19-35(28,29)43-34/h6-19,26-29,39H,5,20-23H2,1-4H3/t26-,27-,28+,29?,34+,35+/m1/s1. The van der Waals surface area contributed by atoms with Crippen LogP contribution in [0.2, 0.25) is 0 Å². The third kappa shape index (κ3) is 4.54. The van der Waals surface area contributed by atoms with Crippen LogP contribution in [0.3, 0.4) is 0 Å². The van der Waals surface area contributed by atoms with Gasteiger partial charge in [-0.1, -0.05) is 79.8 Å². The summed E-state index contributed by atoms with van der Waals surface area (Å²) in [4.78, 5) is 49.3. The van der Waals surface area contributed by atoms with E-state index in [1.165, 1.54) is 0 Å². The van der Waals surface area contributed by atoms with Crippen molar-refractivity contribution < 1.29 is 24.2 Å². The van der Waals surface area contributed by atoms with Gasteiger partial charge in [-0.2, -0.15) is 0 Å². The van der Waals surface area contributed by atoms with Crippen LogP contribution in [0, 0.1) is 11.8 Å². The monoisotopic (exact) mass is 583 g/mol. The Bertz CT molecular complexity index is 1450. The third-order valence-electron chi connectivity index (χ3n) is 9.67. The van der Waals surface area contributed by atoms with Gasteiger partial charge in [0, 0.05) is 24.3 Å². The molecular weight excluding hydrogens is 542 g/mol. The first-order valence-corrected chi connectivity index (χ1v) is 15.3. The number of benzene rings is 2. The molecule has 6 atom stereocenters. The van der Waals surface area contributed by atoms with Crippen molar-refractivity contribution in [2.24, 2.45) is 11.8 Å². The molecule has 8 nitrogen and oxygen atoms in total. The van der Waals surface area contributed by atoms with E-state index in [1.54, 1.807) is 14.7 Å². The molecule has 43 heavy (non-hydrogen) atoms. The second-order valence-corrected chi connectivity index (χ2v) is 13.1. The van der Waals surface area contributed by atoms with Crippen molar-refractivity contribution in [3.8, 4) is 0 Å². The molecule has 3 amide bonds. The van der Waals surface area contributed by atoms with Gasteiger partial charge in [0.25, 0.3) is 0 Å². The zero-order valence-corrected chi connectivity index (χ0v) is 25.3. The number of nitrogens with zero attached hydrogens (tertiary/aromatic N) is 3. The molecule has 0 saturated carbocycles. The Morgan fingerprint density at radius 2 is 1.53 bits per heavy atom. The molecule has 226 valence electrons. The first kappa shape index (κ1) is 29.3. The van der Waals surface area contributed by atoms with Crippen LogP contribution in [0.25, 0.3) is 0 Å². The fourth-order valence-electron chi connectivity index (χ4n) is 7.67. The summed E-state index contributed by atoms with van der Waals surface area (Å²) in [6.07, 6.45) is 8.50. The molecule has 2 aromatic carbocycles. The van der Waals surface area contributed by atoms with Gasteiger partial charge in [0.15, 0.2) is 0 Å². The van der Waals surface area contributed by atoms with Crippen LogP contribution < -0.4 is 4.90 Å². The predicted molar refractivity (Wildman–Crippen MR) is 164 cm³/mol. The predicted octanol–water partition coefficient (Wildman–Crippen LogP) is 3.75. The van der Waals surface area contributed by atoms with E-state index in [0.29, 0.717) is 25.9 Å². The molecule has 1 spiro atoms.